The fraction of sp³-hybridized carbons (Fsp3) is 0.500. The highest BCUT2D eigenvalue weighted by Gasteiger charge is 2.13. The third-order valence-electron chi connectivity index (χ3n) is 2.28. The summed E-state index contributed by atoms with van der Waals surface area (Å²) in [5.74, 6) is 0.918. The predicted molar refractivity (Wildman–Crippen MR) is 72.6 cm³/mol. The minimum absolute atomic E-state index is 0.00981. The Morgan fingerprint density at radius 2 is 2.00 bits per heavy atom. The molecule has 96 valence electrons. The Morgan fingerprint density at radius 1 is 1.29 bits per heavy atom. The van der Waals surface area contributed by atoms with Gasteiger partial charge in [-0.15, -0.1) is 11.6 Å². The average molecular weight is 298 g/mol. The number of rotatable bonds is 6. The van der Waals surface area contributed by atoms with Gasteiger partial charge in [-0.1, -0.05) is 23.2 Å². The van der Waals surface area contributed by atoms with Crippen molar-refractivity contribution >= 4 is 34.8 Å². The summed E-state index contributed by atoms with van der Waals surface area (Å²) >= 11 is 17.8. The van der Waals surface area contributed by atoms with Gasteiger partial charge in [0.05, 0.1) is 17.0 Å². The highest BCUT2D eigenvalue weighted by Crippen LogP contribution is 2.34. The van der Waals surface area contributed by atoms with Crippen LogP contribution in [0.3, 0.4) is 0 Å². The summed E-state index contributed by atoms with van der Waals surface area (Å²) in [7, 11) is 1.66. The van der Waals surface area contributed by atoms with E-state index in [1.165, 1.54) is 0 Å². The number of alkyl halides is 1. The Balaban J connectivity index is 2.82. The molecule has 0 aromatic heterocycles. The molecular weight excluding hydrogens is 282 g/mol. The zero-order valence-electron chi connectivity index (χ0n) is 9.80. The number of halogens is 3. The number of methoxy groups -OCH3 is 1. The molecule has 0 fully saturated rings. The van der Waals surface area contributed by atoms with Crippen LogP contribution in [0.15, 0.2) is 12.1 Å². The van der Waals surface area contributed by atoms with Crippen LogP contribution in [-0.4, -0.2) is 19.8 Å². The van der Waals surface area contributed by atoms with E-state index in [1.54, 1.807) is 19.2 Å². The van der Waals surface area contributed by atoms with Crippen LogP contribution in [0.1, 0.15) is 18.9 Å². The summed E-state index contributed by atoms with van der Waals surface area (Å²) in [6, 6.07) is 3.41. The maximum atomic E-state index is 6.09. The molecule has 0 saturated heterocycles. The maximum Gasteiger partial charge on any atom is 0.142 e. The standard InChI is InChI=1S/C12H15Cl3O2/c1-8(3-4-16-2)17-12-9(7-13)5-10(14)6-11(12)15/h5-6,8H,3-4,7H2,1-2H3. The molecule has 0 saturated carbocycles. The summed E-state index contributed by atoms with van der Waals surface area (Å²) < 4.78 is 10.8. The van der Waals surface area contributed by atoms with E-state index in [0.29, 0.717) is 28.3 Å². The minimum atomic E-state index is 0.00981. The second-order valence-corrected chi connectivity index (χ2v) is 4.83. The first-order valence-electron chi connectivity index (χ1n) is 5.28. The van der Waals surface area contributed by atoms with Crippen LogP contribution < -0.4 is 4.74 Å². The second kappa shape index (κ2) is 7.32. The molecule has 2 nitrogen and oxygen atoms in total. The third kappa shape index (κ3) is 4.55. The van der Waals surface area contributed by atoms with Gasteiger partial charge in [-0.05, 0) is 19.1 Å². The van der Waals surface area contributed by atoms with Crippen LogP contribution in [0, 0.1) is 0 Å². The third-order valence-corrected chi connectivity index (χ3v) is 3.06. The van der Waals surface area contributed by atoms with Crippen molar-refractivity contribution < 1.29 is 9.47 Å². The number of ether oxygens (including phenoxy) is 2. The average Bonchev–Trinajstić information content (AvgIpc) is 2.29. The van der Waals surface area contributed by atoms with Gasteiger partial charge in [-0.2, -0.15) is 0 Å². The molecule has 1 aromatic rings. The smallest absolute Gasteiger partial charge is 0.142 e. The van der Waals surface area contributed by atoms with E-state index in [1.807, 2.05) is 6.92 Å². The normalized spacial score (nSPS) is 12.5. The molecule has 0 spiro atoms. The lowest BCUT2D eigenvalue weighted by Crippen LogP contribution is -2.15. The molecular formula is C12H15Cl3O2. The van der Waals surface area contributed by atoms with Gasteiger partial charge in [0.25, 0.3) is 0 Å². The van der Waals surface area contributed by atoms with Crippen LogP contribution in [0.25, 0.3) is 0 Å². The van der Waals surface area contributed by atoms with Gasteiger partial charge in [0.1, 0.15) is 5.75 Å². The molecule has 0 aliphatic heterocycles. The van der Waals surface area contributed by atoms with Crippen LogP contribution >= 0.6 is 34.8 Å². The van der Waals surface area contributed by atoms with Crippen molar-refractivity contribution in [2.75, 3.05) is 13.7 Å². The second-order valence-electron chi connectivity index (χ2n) is 3.72. The minimum Gasteiger partial charge on any atom is -0.489 e. The molecule has 0 aliphatic rings. The first kappa shape index (κ1) is 14.9. The van der Waals surface area contributed by atoms with Crippen molar-refractivity contribution in [3.63, 3.8) is 0 Å². The van der Waals surface area contributed by atoms with Crippen LogP contribution in [-0.2, 0) is 10.6 Å². The fourth-order valence-corrected chi connectivity index (χ4v) is 2.17. The van der Waals surface area contributed by atoms with Gasteiger partial charge in [0, 0.05) is 30.7 Å². The van der Waals surface area contributed by atoms with E-state index in [0.717, 1.165) is 12.0 Å². The molecule has 1 unspecified atom stereocenters. The topological polar surface area (TPSA) is 18.5 Å². The fourth-order valence-electron chi connectivity index (χ4n) is 1.39. The summed E-state index contributed by atoms with van der Waals surface area (Å²) in [5.41, 5.74) is 0.799. The Kier molecular flexibility index (Phi) is 6.42. The van der Waals surface area contributed by atoms with Gasteiger partial charge in [-0.3, -0.25) is 0 Å². The van der Waals surface area contributed by atoms with Gasteiger partial charge < -0.3 is 9.47 Å². The lowest BCUT2D eigenvalue weighted by Gasteiger charge is -2.18. The Hall–Kier alpha value is -0.150. The zero-order valence-corrected chi connectivity index (χ0v) is 12.1. The summed E-state index contributed by atoms with van der Waals surface area (Å²) in [6.45, 7) is 2.60. The van der Waals surface area contributed by atoms with Crippen LogP contribution in [0.2, 0.25) is 10.0 Å². The predicted octanol–water partition coefficient (Wildman–Crippen LogP) is 4.54. The van der Waals surface area contributed by atoms with Gasteiger partial charge in [-0.25, -0.2) is 0 Å². The van der Waals surface area contributed by atoms with Crippen molar-refractivity contribution in [2.45, 2.75) is 25.3 Å². The monoisotopic (exact) mass is 296 g/mol. The van der Waals surface area contributed by atoms with Crippen molar-refractivity contribution in [2.24, 2.45) is 0 Å². The molecule has 0 amide bonds. The number of benzene rings is 1. The molecule has 17 heavy (non-hydrogen) atoms. The maximum absolute atomic E-state index is 6.09. The quantitative estimate of drug-likeness (QED) is 0.718. The highest BCUT2D eigenvalue weighted by atomic mass is 35.5. The molecule has 0 N–H and O–H groups in total. The lowest BCUT2D eigenvalue weighted by atomic mass is 10.2. The van der Waals surface area contributed by atoms with Gasteiger partial charge in [0.2, 0.25) is 0 Å². The molecule has 0 aliphatic carbocycles. The Morgan fingerprint density at radius 3 is 2.59 bits per heavy atom. The van der Waals surface area contributed by atoms with E-state index in [-0.39, 0.29) is 6.10 Å². The first-order valence-corrected chi connectivity index (χ1v) is 6.57. The largest absolute Gasteiger partial charge is 0.489 e. The van der Waals surface area contributed by atoms with Crippen molar-refractivity contribution in [1.82, 2.24) is 0 Å². The Bertz CT molecular complexity index is 369. The van der Waals surface area contributed by atoms with E-state index in [9.17, 15) is 0 Å². The van der Waals surface area contributed by atoms with Crippen molar-refractivity contribution in [3.05, 3.63) is 27.7 Å². The SMILES string of the molecule is COCCC(C)Oc1c(Cl)cc(Cl)cc1CCl. The molecule has 5 heteroatoms. The molecule has 1 aromatic carbocycles. The van der Waals surface area contributed by atoms with Gasteiger partial charge in [0.15, 0.2) is 0 Å². The highest BCUT2D eigenvalue weighted by molar-refractivity contribution is 6.36. The van der Waals surface area contributed by atoms with Crippen LogP contribution in [0.4, 0.5) is 0 Å². The van der Waals surface area contributed by atoms with Crippen molar-refractivity contribution in [3.8, 4) is 5.75 Å². The zero-order chi connectivity index (χ0) is 12.8. The van der Waals surface area contributed by atoms with Gasteiger partial charge >= 0.3 is 0 Å². The Labute approximate surface area is 117 Å². The molecule has 0 heterocycles. The van der Waals surface area contributed by atoms with E-state index >= 15 is 0 Å². The number of hydrogen-bond acceptors (Lipinski definition) is 2. The summed E-state index contributed by atoms with van der Waals surface area (Å²) in [6.07, 6.45) is 0.799. The summed E-state index contributed by atoms with van der Waals surface area (Å²) in [5, 5.41) is 1.04. The molecule has 0 bridgehead atoms. The van der Waals surface area contributed by atoms with Crippen LogP contribution in [0.5, 0.6) is 5.75 Å². The number of hydrogen-bond donors (Lipinski definition) is 0. The molecule has 0 radical (unpaired) electrons. The van der Waals surface area contributed by atoms with E-state index in [2.05, 4.69) is 0 Å². The molecule has 1 rings (SSSR count). The first-order chi connectivity index (χ1) is 8.08. The van der Waals surface area contributed by atoms with Crippen molar-refractivity contribution in [1.29, 1.82) is 0 Å². The van der Waals surface area contributed by atoms with E-state index in [4.69, 9.17) is 44.3 Å². The lowest BCUT2D eigenvalue weighted by molar-refractivity contribution is 0.135. The summed E-state index contributed by atoms with van der Waals surface area (Å²) in [4.78, 5) is 0. The van der Waals surface area contributed by atoms with E-state index < -0.39 is 0 Å². The molecule has 1 atom stereocenters.